The monoisotopic (exact) mass is 850 g/mol. The normalized spacial score (nSPS) is 15.2. The summed E-state index contributed by atoms with van der Waals surface area (Å²) in [5, 5.41) is 64.2. The molecule has 0 saturated heterocycles. The molecule has 2 rings (SSSR count). The van der Waals surface area contributed by atoms with E-state index >= 15 is 0 Å². The standard InChI is InChI=1S/C48H80FNO10/c1-3-4-5-6-7-8-9-10-11-15-18-21-24-43(54)47(57)42(36-58-48(37(2)53)60-45(35-52)44(55)34-51)50-46(56)25-22-19-16-13-12-14-17-20-23-38-26-30-40(31-27-38)59-41-32-28-39(49)29-33-41/h26-33,37,42-45,47-48,51-55,57H,3-25,34-36H2,1-2H3,(H,50,56)/t37-,42-,43+,44+,45?,47-,48-/m0/s1. The Morgan fingerprint density at radius 3 is 1.67 bits per heavy atom. The highest BCUT2D eigenvalue weighted by molar-refractivity contribution is 5.76. The molecule has 1 unspecified atom stereocenters. The van der Waals surface area contributed by atoms with Gasteiger partial charge in [-0.1, -0.05) is 135 Å². The molecule has 0 aliphatic carbocycles. The topological polar surface area (TPSA) is 178 Å². The van der Waals surface area contributed by atoms with Crippen molar-refractivity contribution in [1.82, 2.24) is 5.32 Å². The van der Waals surface area contributed by atoms with Crippen molar-refractivity contribution in [3.63, 3.8) is 0 Å². The SMILES string of the molecule is CCCCCCCCCCCCCC[C@@H](O)[C@@H](O)[C@H](CO[C@@H](OC(CO)[C@H](O)CO)[C@H](C)O)NC(=O)CCCCCCCCCCc1ccc(Oc2ccc(F)cc2)cc1. The van der Waals surface area contributed by atoms with E-state index in [2.05, 4.69) is 24.4 Å². The Kier molecular flexibility index (Phi) is 30.2. The quantitative estimate of drug-likeness (QED) is 0.0256. The first kappa shape index (κ1) is 53.5. The molecule has 0 heterocycles. The fourth-order valence-corrected chi connectivity index (χ4v) is 7.21. The number of aryl methyl sites for hydroxylation is 1. The molecule has 7 atom stereocenters. The summed E-state index contributed by atoms with van der Waals surface area (Å²) < 4.78 is 30.2. The first-order valence-electron chi connectivity index (χ1n) is 23.1. The molecule has 2 aromatic rings. The van der Waals surface area contributed by atoms with Crippen molar-refractivity contribution in [2.75, 3.05) is 19.8 Å². The molecule has 12 heteroatoms. The predicted octanol–water partition coefficient (Wildman–Crippen LogP) is 8.42. The highest BCUT2D eigenvalue weighted by atomic mass is 19.1. The zero-order valence-corrected chi connectivity index (χ0v) is 36.7. The van der Waals surface area contributed by atoms with E-state index in [0.29, 0.717) is 18.6 Å². The highest BCUT2D eigenvalue weighted by Gasteiger charge is 2.31. The van der Waals surface area contributed by atoms with Crippen molar-refractivity contribution in [3.8, 4) is 11.5 Å². The lowest BCUT2D eigenvalue weighted by molar-refractivity contribution is -0.240. The van der Waals surface area contributed by atoms with Crippen LogP contribution in [0.1, 0.15) is 161 Å². The number of carbonyl (C=O) groups excluding carboxylic acids is 1. The number of aliphatic hydroxyl groups is 6. The summed E-state index contributed by atoms with van der Waals surface area (Å²) in [5.41, 5.74) is 1.25. The summed E-state index contributed by atoms with van der Waals surface area (Å²) in [4.78, 5) is 13.1. The van der Waals surface area contributed by atoms with Gasteiger partial charge in [0.05, 0.1) is 32.0 Å². The Morgan fingerprint density at radius 1 is 0.650 bits per heavy atom. The van der Waals surface area contributed by atoms with Gasteiger partial charge < -0.3 is 50.2 Å². The van der Waals surface area contributed by atoms with Crippen LogP contribution in [0.25, 0.3) is 0 Å². The molecular weight excluding hydrogens is 770 g/mol. The van der Waals surface area contributed by atoms with E-state index in [-0.39, 0.29) is 24.8 Å². The molecule has 1 amide bonds. The van der Waals surface area contributed by atoms with E-state index in [1.54, 1.807) is 12.1 Å². The number of halogens is 1. The second-order valence-electron chi connectivity index (χ2n) is 16.5. The fraction of sp³-hybridized carbons (Fsp3) is 0.729. The minimum atomic E-state index is -1.41. The van der Waals surface area contributed by atoms with Crippen molar-refractivity contribution in [2.24, 2.45) is 0 Å². The van der Waals surface area contributed by atoms with Gasteiger partial charge in [0.2, 0.25) is 5.91 Å². The van der Waals surface area contributed by atoms with Crippen LogP contribution < -0.4 is 10.1 Å². The maximum Gasteiger partial charge on any atom is 0.220 e. The van der Waals surface area contributed by atoms with E-state index in [9.17, 15) is 39.8 Å². The number of unbranched alkanes of at least 4 members (excludes halogenated alkanes) is 18. The molecule has 0 radical (unpaired) electrons. The number of hydrogen-bond donors (Lipinski definition) is 7. The predicted molar refractivity (Wildman–Crippen MR) is 234 cm³/mol. The van der Waals surface area contributed by atoms with E-state index in [1.807, 2.05) is 12.1 Å². The fourth-order valence-electron chi connectivity index (χ4n) is 7.21. The zero-order chi connectivity index (χ0) is 43.8. The second-order valence-corrected chi connectivity index (χ2v) is 16.5. The van der Waals surface area contributed by atoms with Gasteiger partial charge in [0, 0.05) is 6.42 Å². The lowest BCUT2D eigenvalue weighted by atomic mass is 9.99. The van der Waals surface area contributed by atoms with Crippen LogP contribution in [0.15, 0.2) is 48.5 Å². The molecule has 2 aromatic carbocycles. The molecular formula is C48H80FNO10. The molecule has 7 N–H and O–H groups in total. The average Bonchev–Trinajstić information content (AvgIpc) is 3.24. The third kappa shape index (κ3) is 24.7. The third-order valence-corrected chi connectivity index (χ3v) is 11.0. The minimum absolute atomic E-state index is 0.247. The summed E-state index contributed by atoms with van der Waals surface area (Å²) in [6, 6.07) is 13.0. The Labute approximate surface area is 360 Å². The molecule has 0 fully saturated rings. The lowest BCUT2D eigenvalue weighted by Crippen LogP contribution is -2.52. The van der Waals surface area contributed by atoms with Crippen LogP contribution in [0.2, 0.25) is 0 Å². The van der Waals surface area contributed by atoms with Gasteiger partial charge in [-0.2, -0.15) is 0 Å². The number of nitrogens with one attached hydrogen (secondary N) is 1. The number of rotatable bonds is 38. The van der Waals surface area contributed by atoms with Crippen LogP contribution in [0, 0.1) is 5.82 Å². The summed E-state index contributed by atoms with van der Waals surface area (Å²) in [7, 11) is 0. The van der Waals surface area contributed by atoms with E-state index < -0.39 is 56.1 Å². The van der Waals surface area contributed by atoms with Gasteiger partial charge in [0.1, 0.15) is 41.7 Å². The summed E-state index contributed by atoms with van der Waals surface area (Å²) in [6.45, 7) is 2.02. The van der Waals surface area contributed by atoms with E-state index in [1.165, 1.54) is 76.0 Å². The molecule has 0 saturated carbocycles. The minimum Gasteiger partial charge on any atom is -0.457 e. The van der Waals surface area contributed by atoms with Crippen LogP contribution in [0.4, 0.5) is 4.39 Å². The number of carbonyl (C=O) groups is 1. The molecule has 0 bridgehead atoms. The van der Waals surface area contributed by atoms with Crippen LogP contribution in [-0.4, -0.2) is 99.2 Å². The van der Waals surface area contributed by atoms with Gasteiger partial charge in [-0.25, -0.2) is 4.39 Å². The third-order valence-electron chi connectivity index (χ3n) is 11.0. The summed E-state index contributed by atoms with van der Waals surface area (Å²) >= 11 is 0. The maximum absolute atomic E-state index is 13.1. The largest absolute Gasteiger partial charge is 0.457 e. The van der Waals surface area contributed by atoms with Gasteiger partial charge in [-0.3, -0.25) is 4.79 Å². The van der Waals surface area contributed by atoms with Crippen LogP contribution >= 0.6 is 0 Å². The van der Waals surface area contributed by atoms with Gasteiger partial charge in [-0.05, 0) is 74.6 Å². The first-order chi connectivity index (χ1) is 29.1. The molecule has 0 aliphatic heterocycles. The van der Waals surface area contributed by atoms with Gasteiger partial charge in [-0.15, -0.1) is 0 Å². The Bertz CT molecular complexity index is 1320. The van der Waals surface area contributed by atoms with Crippen LogP contribution in [0.3, 0.4) is 0 Å². The number of aliphatic hydroxyl groups excluding tert-OH is 6. The molecule has 0 spiro atoms. The van der Waals surface area contributed by atoms with Crippen molar-refractivity contribution < 1.29 is 54.0 Å². The molecule has 11 nitrogen and oxygen atoms in total. The number of amides is 1. The Morgan fingerprint density at radius 2 is 1.15 bits per heavy atom. The summed E-state index contributed by atoms with van der Waals surface area (Å²) in [5.74, 6) is 0.737. The molecule has 60 heavy (non-hydrogen) atoms. The van der Waals surface area contributed by atoms with Crippen molar-refractivity contribution in [2.45, 2.75) is 204 Å². The van der Waals surface area contributed by atoms with Crippen LogP contribution in [-0.2, 0) is 20.7 Å². The smallest absolute Gasteiger partial charge is 0.220 e. The highest BCUT2D eigenvalue weighted by Crippen LogP contribution is 2.23. The van der Waals surface area contributed by atoms with Crippen molar-refractivity contribution >= 4 is 5.91 Å². The first-order valence-corrected chi connectivity index (χ1v) is 23.1. The Balaban J connectivity index is 1.72. The van der Waals surface area contributed by atoms with Gasteiger partial charge in [0.25, 0.3) is 0 Å². The number of hydrogen-bond acceptors (Lipinski definition) is 10. The van der Waals surface area contributed by atoms with Gasteiger partial charge >= 0.3 is 0 Å². The number of benzene rings is 2. The van der Waals surface area contributed by atoms with Gasteiger partial charge in [0.15, 0.2) is 6.29 Å². The average molecular weight is 850 g/mol. The lowest BCUT2D eigenvalue weighted by Gasteiger charge is -2.32. The maximum atomic E-state index is 13.1. The molecule has 0 aromatic heterocycles. The van der Waals surface area contributed by atoms with E-state index in [0.717, 1.165) is 82.8 Å². The Hall–Kier alpha value is -2.68. The van der Waals surface area contributed by atoms with Crippen molar-refractivity contribution in [3.05, 3.63) is 59.9 Å². The van der Waals surface area contributed by atoms with Crippen molar-refractivity contribution in [1.29, 1.82) is 0 Å². The zero-order valence-electron chi connectivity index (χ0n) is 36.7. The molecule has 344 valence electrons. The van der Waals surface area contributed by atoms with Crippen LogP contribution in [0.5, 0.6) is 11.5 Å². The number of ether oxygens (including phenoxy) is 3. The molecule has 0 aliphatic rings. The van der Waals surface area contributed by atoms with E-state index in [4.69, 9.17) is 14.2 Å². The summed E-state index contributed by atoms with van der Waals surface area (Å²) in [6.07, 6.45) is 16.3. The second kappa shape index (κ2) is 33.9.